The fraction of sp³-hybridized carbons (Fsp3) is 0.308. The van der Waals surface area contributed by atoms with Crippen molar-refractivity contribution in [2.75, 3.05) is 7.11 Å². The van der Waals surface area contributed by atoms with Gasteiger partial charge in [-0.05, 0) is 72.7 Å². The quantitative estimate of drug-likeness (QED) is 0.459. The molecule has 4 aromatic rings. The first-order valence-electron chi connectivity index (χ1n) is 11.4. The van der Waals surface area contributed by atoms with Crippen LogP contribution in [0.15, 0.2) is 71.7 Å². The molecule has 180 valence electrons. The summed E-state index contributed by atoms with van der Waals surface area (Å²) in [7, 11) is 1.64. The summed E-state index contributed by atoms with van der Waals surface area (Å²) in [5, 5.41) is 23.5. The van der Waals surface area contributed by atoms with E-state index >= 15 is 0 Å². The number of hydrogen-bond donors (Lipinski definition) is 1. The third kappa shape index (κ3) is 4.30. The first-order valence-corrected chi connectivity index (χ1v) is 11.4. The van der Waals surface area contributed by atoms with Gasteiger partial charge in [-0.2, -0.15) is 0 Å². The Bertz CT molecular complexity index is 1390. The Morgan fingerprint density at radius 2 is 1.91 bits per heavy atom. The minimum absolute atomic E-state index is 0.199. The van der Waals surface area contributed by atoms with Crippen LogP contribution in [0.1, 0.15) is 31.0 Å². The van der Waals surface area contributed by atoms with Crippen molar-refractivity contribution < 1.29 is 14.6 Å². The molecule has 1 aliphatic rings. The van der Waals surface area contributed by atoms with Gasteiger partial charge in [-0.3, -0.25) is 4.79 Å². The summed E-state index contributed by atoms with van der Waals surface area (Å²) in [6.07, 6.45) is 1.48. The summed E-state index contributed by atoms with van der Waals surface area (Å²) in [6, 6.07) is 17.9. The molecule has 0 saturated carbocycles. The van der Waals surface area contributed by atoms with Crippen LogP contribution < -0.4 is 15.0 Å². The van der Waals surface area contributed by atoms with Crippen LogP contribution in [0.4, 0.5) is 0 Å². The number of benzene rings is 2. The largest absolute Gasteiger partial charge is 0.497 e. The first kappa shape index (κ1) is 22.8. The summed E-state index contributed by atoms with van der Waals surface area (Å²) in [5.41, 5.74) is 1.53. The molecule has 0 spiro atoms. The van der Waals surface area contributed by atoms with Crippen LogP contribution >= 0.6 is 0 Å². The lowest BCUT2D eigenvalue weighted by Crippen LogP contribution is -2.52. The second kappa shape index (κ2) is 8.99. The molecule has 0 fully saturated rings. The van der Waals surface area contributed by atoms with Crippen molar-refractivity contribution in [2.24, 2.45) is 0 Å². The molecule has 9 heteroatoms. The Balaban J connectivity index is 1.49. The zero-order chi connectivity index (χ0) is 24.6. The molecule has 3 heterocycles. The Morgan fingerprint density at radius 1 is 1.11 bits per heavy atom. The van der Waals surface area contributed by atoms with E-state index in [-0.39, 0.29) is 5.56 Å². The molecule has 1 aliphatic heterocycles. The highest BCUT2D eigenvalue weighted by Crippen LogP contribution is 2.42. The van der Waals surface area contributed by atoms with Crippen LogP contribution in [0.25, 0.3) is 11.4 Å². The molecule has 0 radical (unpaired) electrons. The number of aryl methyl sites for hydroxylation is 2. The van der Waals surface area contributed by atoms with Gasteiger partial charge < -0.3 is 19.1 Å². The molecule has 2 unspecified atom stereocenters. The SMILES string of the molecule is COc1ccc(CCn2nnnc2-c2ccc3c(c2)C(n2ccccc2=O)C(O)C(C)(C)O3)cc1. The molecular formula is C26H27N5O4. The maximum absolute atomic E-state index is 12.7. The van der Waals surface area contributed by atoms with Gasteiger partial charge >= 0.3 is 0 Å². The fourth-order valence-corrected chi connectivity index (χ4v) is 4.47. The van der Waals surface area contributed by atoms with E-state index in [2.05, 4.69) is 15.5 Å². The van der Waals surface area contributed by atoms with E-state index in [0.29, 0.717) is 23.7 Å². The number of aliphatic hydroxyl groups excluding tert-OH is 1. The highest BCUT2D eigenvalue weighted by atomic mass is 16.5. The summed E-state index contributed by atoms with van der Waals surface area (Å²) in [4.78, 5) is 12.7. The maximum Gasteiger partial charge on any atom is 0.251 e. The highest BCUT2D eigenvalue weighted by Gasteiger charge is 2.44. The van der Waals surface area contributed by atoms with Gasteiger partial charge in [-0.25, -0.2) is 4.68 Å². The minimum atomic E-state index is -0.948. The fourth-order valence-electron chi connectivity index (χ4n) is 4.47. The summed E-state index contributed by atoms with van der Waals surface area (Å²) in [6.45, 7) is 4.21. The Kier molecular flexibility index (Phi) is 5.86. The lowest BCUT2D eigenvalue weighted by Gasteiger charge is -2.42. The molecular weight excluding hydrogens is 446 g/mol. The Morgan fingerprint density at radius 3 is 2.66 bits per heavy atom. The van der Waals surface area contributed by atoms with Crippen molar-refractivity contribution in [3.8, 4) is 22.9 Å². The molecule has 1 N–H and O–H groups in total. The van der Waals surface area contributed by atoms with Crippen molar-refractivity contribution in [1.29, 1.82) is 0 Å². The van der Waals surface area contributed by atoms with E-state index in [1.54, 1.807) is 34.7 Å². The molecule has 5 rings (SSSR count). The number of rotatable bonds is 6. The third-order valence-corrected chi connectivity index (χ3v) is 6.42. The predicted molar refractivity (Wildman–Crippen MR) is 130 cm³/mol. The Labute approximate surface area is 202 Å². The molecule has 0 amide bonds. The van der Waals surface area contributed by atoms with Crippen LogP contribution in [-0.4, -0.2) is 48.7 Å². The normalized spacial score (nSPS) is 18.5. The number of ether oxygens (including phenoxy) is 2. The summed E-state index contributed by atoms with van der Waals surface area (Å²) < 4.78 is 14.6. The van der Waals surface area contributed by atoms with Crippen molar-refractivity contribution >= 4 is 0 Å². The molecule has 9 nitrogen and oxygen atoms in total. The zero-order valence-corrected chi connectivity index (χ0v) is 19.8. The van der Waals surface area contributed by atoms with E-state index < -0.39 is 17.7 Å². The van der Waals surface area contributed by atoms with Gasteiger partial charge in [0.05, 0.1) is 13.2 Å². The van der Waals surface area contributed by atoms with Crippen LogP contribution in [0.3, 0.4) is 0 Å². The predicted octanol–water partition coefficient (Wildman–Crippen LogP) is 2.87. The molecule has 2 aromatic heterocycles. The smallest absolute Gasteiger partial charge is 0.251 e. The molecule has 35 heavy (non-hydrogen) atoms. The minimum Gasteiger partial charge on any atom is -0.497 e. The highest BCUT2D eigenvalue weighted by molar-refractivity contribution is 5.60. The zero-order valence-electron chi connectivity index (χ0n) is 19.8. The van der Waals surface area contributed by atoms with E-state index in [0.717, 1.165) is 23.3 Å². The number of tetrazole rings is 1. The average Bonchev–Trinajstić information content (AvgIpc) is 3.33. The van der Waals surface area contributed by atoms with Gasteiger partial charge in [0.15, 0.2) is 5.82 Å². The molecule has 2 atom stereocenters. The van der Waals surface area contributed by atoms with Crippen molar-refractivity contribution in [3.63, 3.8) is 0 Å². The van der Waals surface area contributed by atoms with Gasteiger partial charge in [0, 0.05) is 29.9 Å². The van der Waals surface area contributed by atoms with Gasteiger partial charge in [0.2, 0.25) is 0 Å². The lowest BCUT2D eigenvalue weighted by molar-refractivity contribution is -0.0642. The van der Waals surface area contributed by atoms with E-state index in [1.165, 1.54) is 6.07 Å². The standard InChI is InChI=1S/C26H27N5O4/c1-26(2)24(33)23(30-14-5-4-6-22(30)32)20-16-18(9-12-21(20)35-26)25-27-28-29-31(25)15-13-17-7-10-19(34-3)11-8-17/h4-12,14,16,23-24,33H,13,15H2,1-3H3. The van der Waals surface area contributed by atoms with E-state index in [1.807, 2.05) is 56.3 Å². The number of fused-ring (bicyclic) bond motifs is 1. The van der Waals surface area contributed by atoms with Crippen LogP contribution in [0.2, 0.25) is 0 Å². The van der Waals surface area contributed by atoms with Gasteiger partial charge in [0.1, 0.15) is 23.2 Å². The second-order valence-electron chi connectivity index (χ2n) is 9.12. The second-order valence-corrected chi connectivity index (χ2v) is 9.12. The summed E-state index contributed by atoms with van der Waals surface area (Å²) >= 11 is 0. The topological polar surface area (TPSA) is 104 Å². The monoisotopic (exact) mass is 473 g/mol. The van der Waals surface area contributed by atoms with Crippen LogP contribution in [0.5, 0.6) is 11.5 Å². The molecule has 0 saturated heterocycles. The molecule has 2 aromatic carbocycles. The maximum atomic E-state index is 12.7. The number of aliphatic hydroxyl groups is 1. The third-order valence-electron chi connectivity index (χ3n) is 6.42. The van der Waals surface area contributed by atoms with Gasteiger partial charge in [0.25, 0.3) is 5.56 Å². The molecule has 0 bridgehead atoms. The number of methoxy groups -OCH3 is 1. The Hall–Kier alpha value is -3.98. The van der Waals surface area contributed by atoms with Crippen molar-refractivity contribution in [2.45, 2.75) is 44.6 Å². The van der Waals surface area contributed by atoms with Crippen LogP contribution in [-0.2, 0) is 13.0 Å². The average molecular weight is 474 g/mol. The molecule has 0 aliphatic carbocycles. The van der Waals surface area contributed by atoms with E-state index in [9.17, 15) is 9.90 Å². The van der Waals surface area contributed by atoms with Crippen molar-refractivity contribution in [1.82, 2.24) is 24.8 Å². The number of nitrogens with zero attached hydrogens (tertiary/aromatic N) is 5. The van der Waals surface area contributed by atoms with Gasteiger partial charge in [-0.15, -0.1) is 5.10 Å². The van der Waals surface area contributed by atoms with Gasteiger partial charge in [-0.1, -0.05) is 18.2 Å². The van der Waals surface area contributed by atoms with E-state index in [4.69, 9.17) is 9.47 Å². The summed E-state index contributed by atoms with van der Waals surface area (Å²) in [5.74, 6) is 2.02. The van der Waals surface area contributed by atoms with Crippen LogP contribution in [0, 0.1) is 0 Å². The first-order chi connectivity index (χ1) is 16.9. The number of hydrogen-bond acceptors (Lipinski definition) is 7. The number of aromatic nitrogens is 5. The van der Waals surface area contributed by atoms with Crippen molar-refractivity contribution in [3.05, 3.63) is 88.3 Å². The number of pyridine rings is 1. The lowest BCUT2D eigenvalue weighted by atomic mass is 9.85.